The maximum Gasteiger partial charge on any atom is 0.255 e. The minimum absolute atomic E-state index is 0.328. The summed E-state index contributed by atoms with van der Waals surface area (Å²) in [5.74, 6) is 1.53. The highest BCUT2D eigenvalue weighted by Crippen LogP contribution is 2.42. The molecule has 0 saturated carbocycles. The maximum atomic E-state index is 14.7. The summed E-state index contributed by atoms with van der Waals surface area (Å²) >= 11 is 9.84. The molecule has 5 nitrogen and oxygen atoms in total. The lowest BCUT2D eigenvalue weighted by Crippen LogP contribution is -2.35. The fourth-order valence-corrected chi connectivity index (χ4v) is 4.06. The third-order valence-electron chi connectivity index (χ3n) is 4.65. The minimum Gasteiger partial charge on any atom is -0.356 e. The van der Waals surface area contributed by atoms with E-state index in [1.807, 2.05) is 0 Å². The van der Waals surface area contributed by atoms with E-state index in [1.54, 1.807) is 16.6 Å². The number of anilines is 1. The molecule has 3 heterocycles. The quantitative estimate of drug-likeness (QED) is 0.565. The van der Waals surface area contributed by atoms with Crippen LogP contribution >= 0.6 is 27.5 Å². The highest BCUT2D eigenvalue weighted by atomic mass is 79.9. The van der Waals surface area contributed by atoms with E-state index >= 15 is 0 Å². The molecule has 1 fully saturated rings. The van der Waals surface area contributed by atoms with Crippen molar-refractivity contribution < 1.29 is 4.39 Å². The van der Waals surface area contributed by atoms with Gasteiger partial charge < -0.3 is 4.90 Å². The van der Waals surface area contributed by atoms with Gasteiger partial charge in [-0.3, -0.25) is 0 Å². The van der Waals surface area contributed by atoms with Crippen molar-refractivity contribution >= 4 is 39.1 Å². The lowest BCUT2D eigenvalue weighted by molar-refractivity contribution is 0.435. The van der Waals surface area contributed by atoms with Crippen molar-refractivity contribution in [1.29, 1.82) is 0 Å². The molecule has 0 N–H and O–H groups in total. The first kappa shape index (κ1) is 16.7. The highest BCUT2D eigenvalue weighted by Gasteiger charge is 2.27. The first-order valence-electron chi connectivity index (χ1n) is 8.15. The van der Waals surface area contributed by atoms with Crippen LogP contribution in [0.1, 0.15) is 19.8 Å². The fourth-order valence-electron chi connectivity index (χ4n) is 3.27. The zero-order valence-corrected chi connectivity index (χ0v) is 15.9. The Labute approximate surface area is 158 Å². The molecule has 1 aliphatic heterocycles. The SMILES string of the molecule is CC1CCN(c2c(-c3c(F)cccc3Cl)c(Br)nc3ncnn23)CC1. The molecule has 1 aliphatic rings. The first-order valence-corrected chi connectivity index (χ1v) is 9.32. The molecule has 25 heavy (non-hydrogen) atoms. The highest BCUT2D eigenvalue weighted by molar-refractivity contribution is 9.10. The second-order valence-corrected chi connectivity index (χ2v) is 7.50. The summed E-state index contributed by atoms with van der Waals surface area (Å²) in [6, 6.07) is 4.68. The number of aromatic nitrogens is 4. The molecule has 8 heteroatoms. The monoisotopic (exact) mass is 423 g/mol. The average Bonchev–Trinajstić information content (AvgIpc) is 3.03. The third kappa shape index (κ3) is 2.89. The van der Waals surface area contributed by atoms with Gasteiger partial charge in [-0.2, -0.15) is 14.6 Å². The van der Waals surface area contributed by atoms with Crippen molar-refractivity contribution in [2.24, 2.45) is 5.92 Å². The van der Waals surface area contributed by atoms with Crippen LogP contribution in [0.3, 0.4) is 0 Å². The predicted octanol–water partition coefficient (Wildman–Crippen LogP) is 4.58. The Kier molecular flexibility index (Phi) is 4.37. The van der Waals surface area contributed by atoms with Gasteiger partial charge in [-0.1, -0.05) is 24.6 Å². The zero-order chi connectivity index (χ0) is 17.6. The van der Waals surface area contributed by atoms with Gasteiger partial charge in [0.05, 0.1) is 10.6 Å². The van der Waals surface area contributed by atoms with Crippen LogP contribution in [-0.2, 0) is 0 Å². The Bertz CT molecular complexity index is 916. The second kappa shape index (κ2) is 6.53. The third-order valence-corrected chi connectivity index (χ3v) is 5.54. The molecule has 0 bridgehead atoms. The smallest absolute Gasteiger partial charge is 0.255 e. The number of piperidine rings is 1. The Balaban J connectivity index is 2.00. The van der Waals surface area contributed by atoms with E-state index in [4.69, 9.17) is 11.6 Å². The van der Waals surface area contributed by atoms with Crippen LogP contribution in [-0.4, -0.2) is 32.7 Å². The zero-order valence-electron chi connectivity index (χ0n) is 13.6. The summed E-state index contributed by atoms with van der Waals surface area (Å²) in [6.07, 6.45) is 3.60. The summed E-state index contributed by atoms with van der Waals surface area (Å²) < 4.78 is 16.8. The van der Waals surface area contributed by atoms with Gasteiger partial charge in [-0.15, -0.1) is 0 Å². The summed E-state index contributed by atoms with van der Waals surface area (Å²) in [5, 5.41) is 4.66. The van der Waals surface area contributed by atoms with Crippen molar-refractivity contribution in [1.82, 2.24) is 19.6 Å². The molecule has 2 aromatic heterocycles. The van der Waals surface area contributed by atoms with Crippen molar-refractivity contribution in [3.63, 3.8) is 0 Å². The van der Waals surface area contributed by atoms with Gasteiger partial charge in [0, 0.05) is 18.7 Å². The number of nitrogens with zero attached hydrogens (tertiary/aromatic N) is 5. The molecule has 4 rings (SSSR count). The van der Waals surface area contributed by atoms with Gasteiger partial charge in [0.25, 0.3) is 5.78 Å². The van der Waals surface area contributed by atoms with E-state index in [-0.39, 0.29) is 5.82 Å². The molecule has 1 saturated heterocycles. The largest absolute Gasteiger partial charge is 0.356 e. The Morgan fingerprint density at radius 2 is 2.00 bits per heavy atom. The predicted molar refractivity (Wildman–Crippen MR) is 99.5 cm³/mol. The Morgan fingerprint density at radius 1 is 1.24 bits per heavy atom. The van der Waals surface area contributed by atoms with Crippen molar-refractivity contribution in [3.05, 3.63) is 40.0 Å². The molecule has 0 radical (unpaired) electrons. The van der Waals surface area contributed by atoms with Gasteiger partial charge in [0.1, 0.15) is 22.6 Å². The van der Waals surface area contributed by atoms with Gasteiger partial charge in [0.2, 0.25) is 0 Å². The molecule has 0 spiro atoms. The molecule has 3 aromatic rings. The van der Waals surface area contributed by atoms with Crippen LogP contribution in [0.4, 0.5) is 10.2 Å². The van der Waals surface area contributed by atoms with E-state index in [1.165, 1.54) is 12.4 Å². The molecule has 0 amide bonds. The summed E-state index contributed by atoms with van der Waals surface area (Å²) in [7, 11) is 0. The first-order chi connectivity index (χ1) is 12.1. The molecule has 0 unspecified atom stereocenters. The summed E-state index contributed by atoms with van der Waals surface area (Å²) in [5.41, 5.74) is 0.935. The van der Waals surface area contributed by atoms with Gasteiger partial charge in [-0.25, -0.2) is 9.37 Å². The van der Waals surface area contributed by atoms with Gasteiger partial charge >= 0.3 is 0 Å². The van der Waals surface area contributed by atoms with Crippen molar-refractivity contribution in [2.45, 2.75) is 19.8 Å². The number of benzene rings is 1. The number of fused-ring (bicyclic) bond motifs is 1. The maximum absolute atomic E-state index is 14.7. The van der Waals surface area contributed by atoms with Crippen LogP contribution in [0, 0.1) is 11.7 Å². The second-order valence-electron chi connectivity index (χ2n) is 6.34. The van der Waals surface area contributed by atoms with E-state index in [0.29, 0.717) is 32.4 Å². The Morgan fingerprint density at radius 3 is 2.72 bits per heavy atom. The number of hydrogen-bond acceptors (Lipinski definition) is 4. The van der Waals surface area contributed by atoms with E-state index < -0.39 is 0 Å². The fraction of sp³-hybridized carbons (Fsp3) is 0.353. The Hall–Kier alpha value is -1.73. The molecular formula is C17H16BrClFN5. The topological polar surface area (TPSA) is 46.3 Å². The van der Waals surface area contributed by atoms with Gasteiger partial charge in [-0.05, 0) is 46.8 Å². The lowest BCUT2D eigenvalue weighted by atomic mass is 9.98. The summed E-state index contributed by atoms with van der Waals surface area (Å²) in [4.78, 5) is 10.8. The summed E-state index contributed by atoms with van der Waals surface area (Å²) in [6.45, 7) is 3.98. The minimum atomic E-state index is -0.388. The van der Waals surface area contributed by atoms with Crippen LogP contribution < -0.4 is 4.90 Å². The number of hydrogen-bond donors (Lipinski definition) is 0. The van der Waals surface area contributed by atoms with Crippen LogP contribution in [0.2, 0.25) is 5.02 Å². The van der Waals surface area contributed by atoms with Crippen molar-refractivity contribution in [3.8, 4) is 11.1 Å². The average molecular weight is 425 g/mol. The molecule has 0 aliphatic carbocycles. The molecule has 130 valence electrons. The standard InChI is InChI=1S/C17H16BrClFN5/c1-10-5-7-24(8-6-10)16-14(13-11(19)3-2-4-12(13)20)15(18)23-17-21-9-22-25(16)17/h2-4,9-10H,5-8H2,1H3. The molecule has 0 atom stereocenters. The van der Waals surface area contributed by atoms with E-state index in [9.17, 15) is 4.39 Å². The number of rotatable bonds is 2. The molecule has 1 aromatic carbocycles. The van der Waals surface area contributed by atoms with E-state index in [2.05, 4.69) is 42.8 Å². The van der Waals surface area contributed by atoms with Crippen LogP contribution in [0.15, 0.2) is 29.1 Å². The van der Waals surface area contributed by atoms with Crippen molar-refractivity contribution in [2.75, 3.05) is 18.0 Å². The van der Waals surface area contributed by atoms with E-state index in [0.717, 1.165) is 31.7 Å². The van der Waals surface area contributed by atoms with Gasteiger partial charge in [0.15, 0.2) is 0 Å². The normalized spacial score (nSPS) is 15.9. The van der Waals surface area contributed by atoms with Crippen LogP contribution in [0.25, 0.3) is 16.9 Å². The number of halogens is 3. The molecular weight excluding hydrogens is 409 g/mol. The van der Waals surface area contributed by atoms with Crippen LogP contribution in [0.5, 0.6) is 0 Å². The lowest BCUT2D eigenvalue weighted by Gasteiger charge is -2.33.